The van der Waals surface area contributed by atoms with Crippen LogP contribution >= 0.6 is 11.8 Å². The van der Waals surface area contributed by atoms with E-state index in [-0.39, 0.29) is 5.75 Å². The Morgan fingerprint density at radius 3 is 2.60 bits per heavy atom. The van der Waals surface area contributed by atoms with Gasteiger partial charge in [0, 0.05) is 10.1 Å². The lowest BCUT2D eigenvalue weighted by Crippen LogP contribution is -2.02. The third kappa shape index (κ3) is 3.98. The molecule has 3 aromatic rings. The number of benzene rings is 2. The van der Waals surface area contributed by atoms with Crippen molar-refractivity contribution in [1.29, 1.82) is 0 Å². The first-order valence-corrected chi connectivity index (χ1v) is 9.72. The van der Waals surface area contributed by atoms with Gasteiger partial charge < -0.3 is 5.11 Å². The summed E-state index contributed by atoms with van der Waals surface area (Å²) in [4.78, 5) is 2.75. The molecule has 0 saturated carbocycles. The van der Waals surface area contributed by atoms with Gasteiger partial charge in [0.25, 0.3) is 0 Å². The number of rotatable bonds is 6. The van der Waals surface area contributed by atoms with E-state index in [4.69, 9.17) is 0 Å². The number of aromatic nitrogens is 3. The Balaban J connectivity index is 2.02. The number of phenolic OH excluding ortho intramolecular Hbond substituents is 1. The van der Waals surface area contributed by atoms with Crippen LogP contribution < -0.4 is 0 Å². The standard InChI is InChI=1S/C20H25N3OS/c1-5-6-7-15-10-14(4)11-19(20(15)24)23-21-17-9-8-16(25-13(2)3)12-18(17)22-23/h8-13,24H,5-7H2,1-4H3. The van der Waals surface area contributed by atoms with E-state index in [0.29, 0.717) is 10.9 Å². The Labute approximate surface area is 153 Å². The Morgan fingerprint density at radius 1 is 1.12 bits per heavy atom. The molecule has 0 spiro atoms. The first-order chi connectivity index (χ1) is 12.0. The van der Waals surface area contributed by atoms with E-state index in [1.165, 1.54) is 4.90 Å². The molecule has 5 heteroatoms. The molecule has 0 fully saturated rings. The van der Waals surface area contributed by atoms with Crippen LogP contribution in [0.25, 0.3) is 16.7 Å². The second-order valence-electron chi connectivity index (χ2n) is 6.70. The van der Waals surface area contributed by atoms with Gasteiger partial charge in [-0.2, -0.15) is 0 Å². The zero-order valence-electron chi connectivity index (χ0n) is 15.3. The van der Waals surface area contributed by atoms with E-state index in [1.807, 2.05) is 30.8 Å². The van der Waals surface area contributed by atoms with Gasteiger partial charge in [0.05, 0.1) is 0 Å². The van der Waals surface area contributed by atoms with Gasteiger partial charge in [-0.3, -0.25) is 0 Å². The minimum atomic E-state index is 0.288. The summed E-state index contributed by atoms with van der Waals surface area (Å²) in [6.45, 7) is 8.55. The van der Waals surface area contributed by atoms with Crippen LogP contribution in [0.5, 0.6) is 5.75 Å². The van der Waals surface area contributed by atoms with E-state index in [2.05, 4.69) is 49.2 Å². The third-order valence-electron chi connectivity index (χ3n) is 4.05. The van der Waals surface area contributed by atoms with Crippen LogP contribution in [0.3, 0.4) is 0 Å². The zero-order valence-corrected chi connectivity index (χ0v) is 16.1. The molecule has 1 N–H and O–H groups in total. The van der Waals surface area contributed by atoms with Crippen LogP contribution in [0.15, 0.2) is 35.2 Å². The van der Waals surface area contributed by atoms with Crippen molar-refractivity contribution < 1.29 is 5.11 Å². The monoisotopic (exact) mass is 355 g/mol. The number of fused-ring (bicyclic) bond motifs is 1. The summed E-state index contributed by atoms with van der Waals surface area (Å²) in [6.07, 6.45) is 3.02. The molecule has 0 saturated heterocycles. The normalized spacial score (nSPS) is 11.6. The summed E-state index contributed by atoms with van der Waals surface area (Å²) in [5.41, 5.74) is 4.41. The lowest BCUT2D eigenvalue weighted by atomic mass is 10.0. The Bertz CT molecular complexity index is 886. The average molecular weight is 356 g/mol. The number of hydrogen-bond donors (Lipinski definition) is 1. The third-order valence-corrected chi connectivity index (χ3v) is 5.05. The predicted molar refractivity (Wildman–Crippen MR) is 105 cm³/mol. The van der Waals surface area contributed by atoms with Gasteiger partial charge in [0.2, 0.25) is 0 Å². The molecule has 0 aliphatic rings. The van der Waals surface area contributed by atoms with Crippen LogP contribution in [0, 0.1) is 6.92 Å². The summed E-state index contributed by atoms with van der Waals surface area (Å²) in [5.74, 6) is 0.288. The van der Waals surface area contributed by atoms with Crippen molar-refractivity contribution in [3.05, 3.63) is 41.5 Å². The maximum absolute atomic E-state index is 10.7. The van der Waals surface area contributed by atoms with Crippen molar-refractivity contribution in [3.8, 4) is 11.4 Å². The average Bonchev–Trinajstić information content (AvgIpc) is 2.97. The highest BCUT2D eigenvalue weighted by Gasteiger charge is 2.14. The summed E-state index contributed by atoms with van der Waals surface area (Å²) < 4.78 is 0. The fourth-order valence-corrected chi connectivity index (χ4v) is 3.76. The van der Waals surface area contributed by atoms with Gasteiger partial charge in [0.15, 0.2) is 0 Å². The zero-order chi connectivity index (χ0) is 18.0. The van der Waals surface area contributed by atoms with Crippen LogP contribution in [0.1, 0.15) is 44.7 Å². The van der Waals surface area contributed by atoms with Crippen molar-refractivity contribution in [2.75, 3.05) is 0 Å². The topological polar surface area (TPSA) is 50.9 Å². The molecule has 0 radical (unpaired) electrons. The number of aromatic hydroxyl groups is 1. The van der Waals surface area contributed by atoms with Crippen molar-refractivity contribution >= 4 is 22.8 Å². The molecule has 0 bridgehead atoms. The van der Waals surface area contributed by atoms with Gasteiger partial charge in [-0.25, -0.2) is 0 Å². The van der Waals surface area contributed by atoms with Crippen LogP contribution in [-0.2, 0) is 6.42 Å². The van der Waals surface area contributed by atoms with Gasteiger partial charge >= 0.3 is 0 Å². The second kappa shape index (κ2) is 7.48. The van der Waals surface area contributed by atoms with E-state index in [9.17, 15) is 5.11 Å². The molecule has 4 nitrogen and oxygen atoms in total. The van der Waals surface area contributed by atoms with Crippen LogP contribution in [-0.4, -0.2) is 25.4 Å². The number of hydrogen-bond acceptors (Lipinski definition) is 4. The van der Waals surface area contributed by atoms with Crippen LogP contribution in [0.2, 0.25) is 0 Å². The molecule has 0 aliphatic heterocycles. The quantitative estimate of drug-likeness (QED) is 0.611. The molecular formula is C20H25N3OS. The van der Waals surface area contributed by atoms with Crippen molar-refractivity contribution in [3.63, 3.8) is 0 Å². The fourth-order valence-electron chi connectivity index (χ4n) is 2.89. The molecule has 0 atom stereocenters. The minimum Gasteiger partial charge on any atom is -0.505 e. The van der Waals surface area contributed by atoms with Gasteiger partial charge in [-0.05, 0) is 55.2 Å². The van der Waals surface area contributed by atoms with E-state index in [0.717, 1.165) is 41.4 Å². The maximum atomic E-state index is 10.7. The molecule has 3 rings (SSSR count). The second-order valence-corrected chi connectivity index (χ2v) is 8.35. The fraction of sp³-hybridized carbons (Fsp3) is 0.400. The number of aryl methyl sites for hydroxylation is 2. The molecule has 25 heavy (non-hydrogen) atoms. The lowest BCUT2D eigenvalue weighted by molar-refractivity contribution is 0.459. The van der Waals surface area contributed by atoms with E-state index < -0.39 is 0 Å². The lowest BCUT2D eigenvalue weighted by Gasteiger charge is -2.10. The number of thioether (sulfide) groups is 1. The van der Waals surface area contributed by atoms with Crippen molar-refractivity contribution in [2.24, 2.45) is 0 Å². The molecular weight excluding hydrogens is 330 g/mol. The first-order valence-electron chi connectivity index (χ1n) is 8.84. The summed E-state index contributed by atoms with van der Waals surface area (Å²) in [6, 6.07) is 10.1. The maximum Gasteiger partial charge on any atom is 0.146 e. The molecule has 132 valence electrons. The summed E-state index contributed by atoms with van der Waals surface area (Å²) in [7, 11) is 0. The van der Waals surface area contributed by atoms with E-state index in [1.54, 1.807) is 4.80 Å². The minimum absolute atomic E-state index is 0.288. The number of nitrogens with zero attached hydrogens (tertiary/aromatic N) is 3. The summed E-state index contributed by atoms with van der Waals surface area (Å²) >= 11 is 1.81. The van der Waals surface area contributed by atoms with Crippen molar-refractivity contribution in [1.82, 2.24) is 15.0 Å². The van der Waals surface area contributed by atoms with Gasteiger partial charge in [-0.1, -0.05) is 33.3 Å². The highest BCUT2D eigenvalue weighted by atomic mass is 32.2. The number of phenols is 1. The van der Waals surface area contributed by atoms with Gasteiger partial charge in [-0.15, -0.1) is 26.8 Å². The summed E-state index contributed by atoms with van der Waals surface area (Å²) in [5, 5.41) is 20.4. The van der Waals surface area contributed by atoms with Gasteiger partial charge in [0.1, 0.15) is 22.5 Å². The van der Waals surface area contributed by atoms with E-state index >= 15 is 0 Å². The van der Waals surface area contributed by atoms with Crippen LogP contribution in [0.4, 0.5) is 0 Å². The smallest absolute Gasteiger partial charge is 0.146 e. The largest absolute Gasteiger partial charge is 0.505 e. The highest BCUT2D eigenvalue weighted by Crippen LogP contribution is 2.30. The molecule has 0 aliphatic carbocycles. The molecule has 2 aromatic carbocycles. The molecule has 1 aromatic heterocycles. The highest BCUT2D eigenvalue weighted by molar-refractivity contribution is 7.99. The molecule has 0 amide bonds. The Kier molecular flexibility index (Phi) is 5.33. The first kappa shape index (κ1) is 17.8. The predicted octanol–water partition coefficient (Wildman–Crippen LogP) is 5.28. The SMILES string of the molecule is CCCCc1cc(C)cc(-n2nc3ccc(SC(C)C)cc3n2)c1O. The number of unbranched alkanes of at least 4 members (excludes halogenated alkanes) is 1. The molecule has 1 heterocycles. The molecule has 0 unspecified atom stereocenters. The van der Waals surface area contributed by atoms with Crippen molar-refractivity contribution in [2.45, 2.75) is 57.1 Å². The Hall–Kier alpha value is -2.01. The Morgan fingerprint density at radius 2 is 1.88 bits per heavy atom.